The third-order valence-electron chi connectivity index (χ3n) is 6.18. The van der Waals surface area contributed by atoms with Gasteiger partial charge >= 0.3 is 0 Å². The third kappa shape index (κ3) is 5.01. The van der Waals surface area contributed by atoms with Crippen molar-refractivity contribution < 1.29 is 9.59 Å². The Morgan fingerprint density at radius 3 is 2.69 bits per heavy atom. The molecule has 36 heavy (non-hydrogen) atoms. The molecular weight excluding hydrogens is 519 g/mol. The zero-order valence-corrected chi connectivity index (χ0v) is 22.1. The Morgan fingerprint density at radius 2 is 1.94 bits per heavy atom. The van der Waals surface area contributed by atoms with Crippen LogP contribution in [0.5, 0.6) is 0 Å². The molecule has 2 amide bonds. The van der Waals surface area contributed by atoms with E-state index < -0.39 is 0 Å². The molecular formula is C25H24Cl2N6O2S. The first-order chi connectivity index (χ1) is 17.3. The third-order valence-corrected chi connectivity index (χ3v) is 7.76. The highest BCUT2D eigenvalue weighted by atomic mass is 35.5. The van der Waals surface area contributed by atoms with Crippen LogP contribution in [0, 0.1) is 0 Å². The number of benzene rings is 2. The molecule has 1 N–H and O–H groups in total. The average Bonchev–Trinajstić information content (AvgIpc) is 2.85. The van der Waals surface area contributed by atoms with Gasteiger partial charge in [0.05, 0.1) is 33.7 Å². The molecule has 0 fully saturated rings. The van der Waals surface area contributed by atoms with Gasteiger partial charge in [-0.05, 0) is 41.8 Å². The first kappa shape index (κ1) is 24.8. The van der Waals surface area contributed by atoms with E-state index in [0.717, 1.165) is 18.7 Å². The number of nitrogens with one attached hydrogen (secondary N) is 1. The maximum atomic E-state index is 13.2. The van der Waals surface area contributed by atoms with Gasteiger partial charge in [0.15, 0.2) is 0 Å². The molecule has 0 saturated heterocycles. The molecule has 0 unspecified atom stereocenters. The van der Waals surface area contributed by atoms with Gasteiger partial charge in [0, 0.05) is 39.1 Å². The lowest BCUT2D eigenvalue weighted by molar-refractivity contribution is -0.130. The van der Waals surface area contributed by atoms with Crippen LogP contribution in [0.1, 0.15) is 21.5 Å². The van der Waals surface area contributed by atoms with E-state index >= 15 is 0 Å². The molecule has 0 radical (unpaired) electrons. The molecule has 3 heterocycles. The lowest BCUT2D eigenvalue weighted by Gasteiger charge is -2.29. The Kier molecular flexibility index (Phi) is 7.07. The van der Waals surface area contributed by atoms with Crippen molar-refractivity contribution in [1.29, 1.82) is 0 Å². The standard InChI is InChI=1S/C25H24Cl2N6O2S/c1-31(2)21(34)13-32-9-8-15-6-7-17(10-16(15)12-32)29-25-28-11-18-23(30-25)36-14-33(24(18)35)22-19(26)4-3-5-20(22)27/h3-7,10-11H,8-9,12-14H2,1-2H3,(H,28,29,30). The molecule has 5 rings (SSSR count). The zero-order valence-electron chi connectivity index (χ0n) is 19.8. The van der Waals surface area contributed by atoms with Crippen molar-refractivity contribution in [2.75, 3.05) is 43.3 Å². The fourth-order valence-corrected chi connectivity index (χ4v) is 5.76. The number of hydrogen-bond acceptors (Lipinski definition) is 7. The highest BCUT2D eigenvalue weighted by Gasteiger charge is 2.30. The number of nitrogens with zero attached hydrogens (tertiary/aromatic N) is 5. The summed E-state index contributed by atoms with van der Waals surface area (Å²) < 4.78 is 0. The minimum absolute atomic E-state index is 0.0950. The van der Waals surface area contributed by atoms with Crippen LogP contribution < -0.4 is 10.2 Å². The van der Waals surface area contributed by atoms with Gasteiger partial charge in [-0.25, -0.2) is 9.97 Å². The number of para-hydroxylation sites is 1. The molecule has 0 saturated carbocycles. The highest BCUT2D eigenvalue weighted by molar-refractivity contribution is 7.99. The van der Waals surface area contributed by atoms with Crippen LogP contribution in [-0.4, -0.2) is 64.6 Å². The van der Waals surface area contributed by atoms with Crippen molar-refractivity contribution in [2.45, 2.75) is 18.0 Å². The summed E-state index contributed by atoms with van der Waals surface area (Å²) in [5.74, 6) is 0.601. The molecule has 2 aromatic carbocycles. The lowest BCUT2D eigenvalue weighted by atomic mass is 9.99. The van der Waals surface area contributed by atoms with Gasteiger partial charge in [-0.3, -0.25) is 19.4 Å². The summed E-state index contributed by atoms with van der Waals surface area (Å²) in [5.41, 5.74) is 4.19. The van der Waals surface area contributed by atoms with E-state index in [1.165, 1.54) is 29.1 Å². The smallest absolute Gasteiger partial charge is 0.263 e. The molecule has 0 aliphatic carbocycles. The minimum atomic E-state index is -0.244. The van der Waals surface area contributed by atoms with Crippen molar-refractivity contribution in [1.82, 2.24) is 19.8 Å². The predicted molar refractivity (Wildman–Crippen MR) is 143 cm³/mol. The summed E-state index contributed by atoms with van der Waals surface area (Å²) >= 11 is 14.1. The number of hydrogen-bond donors (Lipinski definition) is 1. The van der Waals surface area contributed by atoms with Crippen molar-refractivity contribution in [3.05, 3.63) is 69.3 Å². The lowest BCUT2D eigenvalue weighted by Crippen LogP contribution is -2.39. The van der Waals surface area contributed by atoms with Gasteiger partial charge in [-0.1, -0.05) is 47.1 Å². The van der Waals surface area contributed by atoms with Gasteiger partial charge in [-0.2, -0.15) is 0 Å². The van der Waals surface area contributed by atoms with Gasteiger partial charge < -0.3 is 10.2 Å². The summed E-state index contributed by atoms with van der Waals surface area (Å²) in [5, 5.41) is 4.68. The second-order valence-electron chi connectivity index (χ2n) is 8.85. The fourth-order valence-electron chi connectivity index (χ4n) is 4.22. The Morgan fingerprint density at radius 1 is 1.17 bits per heavy atom. The Balaban J connectivity index is 1.32. The van der Waals surface area contributed by atoms with Crippen molar-refractivity contribution in [2.24, 2.45) is 0 Å². The molecule has 0 spiro atoms. The molecule has 3 aromatic rings. The number of anilines is 3. The maximum absolute atomic E-state index is 13.2. The number of carbonyl (C=O) groups excluding carboxylic acids is 2. The number of fused-ring (bicyclic) bond motifs is 2. The summed E-state index contributed by atoms with van der Waals surface area (Å²) in [6.45, 7) is 1.97. The largest absolute Gasteiger partial charge is 0.348 e. The highest BCUT2D eigenvalue weighted by Crippen LogP contribution is 2.39. The van der Waals surface area contributed by atoms with E-state index in [1.807, 2.05) is 6.07 Å². The van der Waals surface area contributed by atoms with Crippen molar-refractivity contribution >= 4 is 64.1 Å². The predicted octanol–water partition coefficient (Wildman–Crippen LogP) is 4.68. The monoisotopic (exact) mass is 542 g/mol. The second kappa shape index (κ2) is 10.3. The zero-order chi connectivity index (χ0) is 25.4. The number of halogens is 2. The SMILES string of the molecule is CN(C)C(=O)CN1CCc2ccc(Nc3ncc4c(n3)SCN(c3c(Cl)cccc3Cl)C4=O)cc2C1. The van der Waals surface area contributed by atoms with Crippen molar-refractivity contribution in [3.8, 4) is 0 Å². The van der Waals surface area contributed by atoms with Gasteiger partial charge in [0.2, 0.25) is 11.9 Å². The number of amides is 2. The maximum Gasteiger partial charge on any atom is 0.263 e. The number of rotatable bonds is 5. The number of carbonyl (C=O) groups is 2. The first-order valence-corrected chi connectivity index (χ1v) is 13.1. The molecule has 1 aromatic heterocycles. The fraction of sp³-hybridized carbons (Fsp3) is 0.280. The topological polar surface area (TPSA) is 81.7 Å². The quantitative estimate of drug-likeness (QED) is 0.468. The summed E-state index contributed by atoms with van der Waals surface area (Å²) in [4.78, 5) is 39.6. The summed E-state index contributed by atoms with van der Waals surface area (Å²) in [6, 6.07) is 11.3. The summed E-state index contributed by atoms with van der Waals surface area (Å²) in [7, 11) is 3.55. The molecule has 186 valence electrons. The van der Waals surface area contributed by atoms with Crippen molar-refractivity contribution in [3.63, 3.8) is 0 Å². The second-order valence-corrected chi connectivity index (χ2v) is 10.6. The number of thioether (sulfide) groups is 1. The molecule has 11 heteroatoms. The van der Waals surface area contributed by atoms with Gasteiger partial charge in [0.1, 0.15) is 5.03 Å². The van der Waals surface area contributed by atoms with E-state index in [4.69, 9.17) is 23.2 Å². The van der Waals surface area contributed by atoms with E-state index in [2.05, 4.69) is 32.3 Å². The molecule has 2 aliphatic heterocycles. The number of likely N-dealkylation sites (N-methyl/N-ethyl adjacent to an activating group) is 1. The van der Waals surface area contributed by atoms with Crippen LogP contribution >= 0.6 is 35.0 Å². The van der Waals surface area contributed by atoms with Gasteiger partial charge in [0.25, 0.3) is 5.91 Å². The normalized spacial score (nSPS) is 15.3. The Labute approximate surface area is 223 Å². The Hall–Kier alpha value is -2.85. The van der Waals surface area contributed by atoms with Crippen LogP contribution in [0.25, 0.3) is 0 Å². The molecule has 0 bridgehead atoms. The number of aromatic nitrogens is 2. The summed E-state index contributed by atoms with van der Waals surface area (Å²) in [6.07, 6.45) is 2.43. The molecule has 2 aliphatic rings. The van der Waals surface area contributed by atoms with E-state index in [9.17, 15) is 9.59 Å². The van der Waals surface area contributed by atoms with Crippen LogP contribution in [0.15, 0.2) is 47.6 Å². The molecule has 8 nitrogen and oxygen atoms in total. The van der Waals surface area contributed by atoms with E-state index in [1.54, 1.807) is 42.1 Å². The van der Waals surface area contributed by atoms with E-state index in [0.29, 0.717) is 51.2 Å². The molecule has 0 atom stereocenters. The van der Waals surface area contributed by atoms with Crippen LogP contribution in [0.4, 0.5) is 17.3 Å². The Bertz CT molecular complexity index is 1330. The average molecular weight is 543 g/mol. The van der Waals surface area contributed by atoms with Gasteiger partial charge in [-0.15, -0.1) is 0 Å². The first-order valence-electron chi connectivity index (χ1n) is 11.4. The van der Waals surface area contributed by atoms with Crippen LogP contribution in [0.2, 0.25) is 10.0 Å². The van der Waals surface area contributed by atoms with Crippen LogP contribution in [0.3, 0.4) is 0 Å². The minimum Gasteiger partial charge on any atom is -0.348 e. The van der Waals surface area contributed by atoms with E-state index in [-0.39, 0.29) is 11.8 Å². The van der Waals surface area contributed by atoms with Crippen LogP contribution in [-0.2, 0) is 17.8 Å².